The number of hydrogen-bond donors (Lipinski definition) is 1. The Bertz CT molecular complexity index is 717. The molecule has 1 aromatic carbocycles. The lowest BCUT2D eigenvalue weighted by atomic mass is 10.2. The third-order valence-electron chi connectivity index (χ3n) is 3.68. The van der Waals surface area contributed by atoms with Crippen molar-refractivity contribution in [3.63, 3.8) is 0 Å². The molecule has 1 aliphatic heterocycles. The van der Waals surface area contributed by atoms with Gasteiger partial charge in [0.1, 0.15) is 0 Å². The number of carbonyl (C=O) groups excluding carboxylic acids is 1. The van der Waals surface area contributed by atoms with Gasteiger partial charge in [0.2, 0.25) is 5.95 Å². The summed E-state index contributed by atoms with van der Waals surface area (Å²) in [6, 6.07) is 7.33. The number of hydrogen-bond acceptors (Lipinski definition) is 4. The fraction of sp³-hybridized carbons (Fsp3) is 0.312. The maximum absolute atomic E-state index is 12.4. The van der Waals surface area contributed by atoms with E-state index in [0.29, 0.717) is 17.5 Å². The Hall–Kier alpha value is -1.85. The zero-order valence-corrected chi connectivity index (χ0v) is 13.9. The second-order valence-corrected chi connectivity index (χ2v) is 6.22. The van der Waals surface area contributed by atoms with Crippen LogP contribution in [0.2, 0.25) is 10.0 Å². The molecule has 0 bridgehead atoms. The predicted octanol–water partition coefficient (Wildman–Crippen LogP) is 3.31. The van der Waals surface area contributed by atoms with Crippen LogP contribution in [0.1, 0.15) is 28.9 Å². The van der Waals surface area contributed by atoms with Crippen molar-refractivity contribution >= 4 is 35.1 Å². The summed E-state index contributed by atoms with van der Waals surface area (Å²) in [6.45, 7) is 2.18. The summed E-state index contributed by atoms with van der Waals surface area (Å²) >= 11 is 12.0. The maximum atomic E-state index is 12.4. The van der Waals surface area contributed by atoms with Crippen molar-refractivity contribution in [3.8, 4) is 0 Å². The summed E-state index contributed by atoms with van der Waals surface area (Å²) in [4.78, 5) is 23.0. The Morgan fingerprint density at radius 1 is 1.26 bits per heavy atom. The summed E-state index contributed by atoms with van der Waals surface area (Å²) in [5.41, 5.74) is 1.11. The maximum Gasteiger partial charge on any atom is 0.271 e. The zero-order valence-electron chi connectivity index (χ0n) is 12.4. The minimum atomic E-state index is -0.321. The number of amides is 1. The summed E-state index contributed by atoms with van der Waals surface area (Å²) < 4.78 is 0. The van der Waals surface area contributed by atoms with Crippen molar-refractivity contribution < 1.29 is 4.79 Å². The molecule has 1 amide bonds. The molecule has 23 heavy (non-hydrogen) atoms. The van der Waals surface area contributed by atoms with E-state index in [0.717, 1.165) is 31.5 Å². The SMILES string of the molecule is O=C(NCc1cccc(Cl)c1)c1nc(N2CCCC2)ncc1Cl. The van der Waals surface area contributed by atoms with Crippen molar-refractivity contribution in [2.75, 3.05) is 18.0 Å². The molecule has 1 saturated heterocycles. The van der Waals surface area contributed by atoms with E-state index in [1.165, 1.54) is 6.20 Å². The molecule has 7 heteroatoms. The summed E-state index contributed by atoms with van der Waals surface area (Å²) in [6.07, 6.45) is 3.71. The van der Waals surface area contributed by atoms with Crippen LogP contribution >= 0.6 is 23.2 Å². The molecule has 5 nitrogen and oxygen atoms in total. The van der Waals surface area contributed by atoms with Gasteiger partial charge in [-0.25, -0.2) is 9.97 Å². The lowest BCUT2D eigenvalue weighted by Gasteiger charge is -2.16. The highest BCUT2D eigenvalue weighted by Gasteiger charge is 2.19. The fourth-order valence-electron chi connectivity index (χ4n) is 2.50. The molecule has 1 fully saturated rings. The number of benzene rings is 1. The van der Waals surface area contributed by atoms with Gasteiger partial charge in [-0.2, -0.15) is 0 Å². The van der Waals surface area contributed by atoms with Crippen molar-refractivity contribution in [2.45, 2.75) is 19.4 Å². The molecule has 0 aliphatic carbocycles. The number of anilines is 1. The van der Waals surface area contributed by atoms with Crippen LogP contribution < -0.4 is 10.2 Å². The average molecular weight is 351 g/mol. The van der Waals surface area contributed by atoms with Gasteiger partial charge >= 0.3 is 0 Å². The second kappa shape index (κ2) is 7.15. The smallest absolute Gasteiger partial charge is 0.271 e. The van der Waals surface area contributed by atoms with Gasteiger partial charge < -0.3 is 10.2 Å². The zero-order chi connectivity index (χ0) is 16.2. The molecule has 120 valence electrons. The van der Waals surface area contributed by atoms with Crippen LogP contribution in [0.5, 0.6) is 0 Å². The van der Waals surface area contributed by atoms with Gasteiger partial charge in [0, 0.05) is 24.7 Å². The number of nitrogens with one attached hydrogen (secondary N) is 1. The summed E-state index contributed by atoms with van der Waals surface area (Å²) in [5, 5.41) is 3.69. The van der Waals surface area contributed by atoms with E-state index >= 15 is 0 Å². The summed E-state index contributed by atoms with van der Waals surface area (Å²) in [5.74, 6) is 0.234. The normalized spacial score (nSPS) is 14.1. The Balaban J connectivity index is 1.72. The first-order valence-corrected chi connectivity index (χ1v) is 8.19. The van der Waals surface area contributed by atoms with Gasteiger partial charge in [-0.3, -0.25) is 4.79 Å². The van der Waals surface area contributed by atoms with Crippen LogP contribution in [0, 0.1) is 0 Å². The van der Waals surface area contributed by atoms with Crippen LogP contribution in [0.15, 0.2) is 30.5 Å². The Labute approximate surface area is 144 Å². The average Bonchev–Trinajstić information content (AvgIpc) is 3.07. The van der Waals surface area contributed by atoms with E-state index in [1.54, 1.807) is 12.1 Å². The molecule has 0 unspecified atom stereocenters. The third kappa shape index (κ3) is 3.92. The molecule has 0 atom stereocenters. The van der Waals surface area contributed by atoms with Crippen LogP contribution in [0.3, 0.4) is 0 Å². The minimum Gasteiger partial charge on any atom is -0.347 e. The highest BCUT2D eigenvalue weighted by molar-refractivity contribution is 6.33. The Morgan fingerprint density at radius 3 is 2.78 bits per heavy atom. The third-order valence-corrected chi connectivity index (χ3v) is 4.19. The van der Waals surface area contributed by atoms with Crippen LogP contribution in [-0.4, -0.2) is 29.0 Å². The lowest BCUT2D eigenvalue weighted by molar-refractivity contribution is 0.0946. The number of carbonyl (C=O) groups is 1. The first-order chi connectivity index (χ1) is 11.1. The fourth-order valence-corrected chi connectivity index (χ4v) is 2.89. The molecular weight excluding hydrogens is 335 g/mol. The van der Waals surface area contributed by atoms with Gasteiger partial charge in [-0.05, 0) is 30.5 Å². The monoisotopic (exact) mass is 350 g/mol. The quantitative estimate of drug-likeness (QED) is 0.918. The van der Waals surface area contributed by atoms with E-state index in [-0.39, 0.29) is 16.6 Å². The van der Waals surface area contributed by atoms with Gasteiger partial charge in [-0.1, -0.05) is 35.3 Å². The number of halogens is 2. The lowest BCUT2D eigenvalue weighted by Crippen LogP contribution is -2.26. The van der Waals surface area contributed by atoms with E-state index in [4.69, 9.17) is 23.2 Å². The topological polar surface area (TPSA) is 58.1 Å². The highest BCUT2D eigenvalue weighted by Crippen LogP contribution is 2.20. The predicted molar refractivity (Wildman–Crippen MR) is 91.1 cm³/mol. The van der Waals surface area contributed by atoms with E-state index in [9.17, 15) is 4.79 Å². The first-order valence-electron chi connectivity index (χ1n) is 7.43. The molecule has 1 aliphatic rings. The van der Waals surface area contributed by atoms with Crippen LogP contribution in [-0.2, 0) is 6.54 Å². The van der Waals surface area contributed by atoms with Crippen molar-refractivity contribution in [1.82, 2.24) is 15.3 Å². The Morgan fingerprint density at radius 2 is 2.04 bits per heavy atom. The largest absolute Gasteiger partial charge is 0.347 e. The van der Waals surface area contributed by atoms with Gasteiger partial charge in [0.25, 0.3) is 5.91 Å². The Kier molecular flexibility index (Phi) is 4.98. The van der Waals surface area contributed by atoms with Crippen molar-refractivity contribution in [1.29, 1.82) is 0 Å². The summed E-state index contributed by atoms with van der Waals surface area (Å²) in [7, 11) is 0. The molecule has 1 N–H and O–H groups in total. The number of rotatable bonds is 4. The van der Waals surface area contributed by atoms with Crippen LogP contribution in [0.4, 0.5) is 5.95 Å². The molecule has 2 aromatic rings. The molecule has 1 aromatic heterocycles. The number of nitrogens with zero attached hydrogens (tertiary/aromatic N) is 3. The first kappa shape index (κ1) is 16.0. The molecular formula is C16H16Cl2N4O. The molecule has 2 heterocycles. The van der Waals surface area contributed by atoms with Gasteiger partial charge in [0.05, 0.1) is 11.2 Å². The molecule has 3 rings (SSSR count). The van der Waals surface area contributed by atoms with E-state index in [1.807, 2.05) is 12.1 Å². The number of aromatic nitrogens is 2. The molecule has 0 radical (unpaired) electrons. The van der Waals surface area contributed by atoms with E-state index in [2.05, 4.69) is 20.2 Å². The van der Waals surface area contributed by atoms with Gasteiger partial charge in [-0.15, -0.1) is 0 Å². The highest BCUT2D eigenvalue weighted by atomic mass is 35.5. The standard InChI is InChI=1S/C16H16Cl2N4O/c17-12-5-3-4-11(8-12)9-19-15(23)14-13(18)10-20-16(21-14)22-6-1-2-7-22/h3-5,8,10H,1-2,6-7,9H2,(H,19,23). The van der Waals surface area contributed by atoms with Crippen molar-refractivity contribution in [2.24, 2.45) is 0 Å². The minimum absolute atomic E-state index is 0.200. The molecule has 0 saturated carbocycles. The molecule has 0 spiro atoms. The second-order valence-electron chi connectivity index (χ2n) is 5.37. The van der Waals surface area contributed by atoms with Crippen LogP contribution in [0.25, 0.3) is 0 Å². The van der Waals surface area contributed by atoms with Gasteiger partial charge in [0.15, 0.2) is 5.69 Å². The van der Waals surface area contributed by atoms with Crippen molar-refractivity contribution in [3.05, 3.63) is 51.8 Å². The van der Waals surface area contributed by atoms with E-state index < -0.39 is 0 Å².